The van der Waals surface area contributed by atoms with Crippen LogP contribution >= 0.6 is 0 Å². The third-order valence-corrected chi connectivity index (χ3v) is 2.73. The number of carbonyl (C=O) groups is 1. The van der Waals surface area contributed by atoms with Crippen molar-refractivity contribution in [3.63, 3.8) is 0 Å². The van der Waals surface area contributed by atoms with Gasteiger partial charge in [-0.25, -0.2) is 5.01 Å². The minimum Gasteiger partial charge on any atom is -0.330 e. The van der Waals surface area contributed by atoms with Crippen molar-refractivity contribution in [3.8, 4) is 0 Å². The first-order chi connectivity index (χ1) is 7.41. The highest BCUT2D eigenvalue weighted by atomic mass is 16.2. The van der Waals surface area contributed by atoms with Crippen molar-refractivity contribution < 1.29 is 4.79 Å². The number of amides is 1. The Bertz CT molecular complexity index is 291. The molecule has 92 valence electrons. The molecular formula is C12H23N3O. The van der Waals surface area contributed by atoms with Crippen LogP contribution in [-0.4, -0.2) is 28.7 Å². The average molecular weight is 225 g/mol. The van der Waals surface area contributed by atoms with E-state index >= 15 is 0 Å². The zero-order valence-electron chi connectivity index (χ0n) is 10.8. The number of nitrogens with two attached hydrogens (primary N) is 1. The lowest BCUT2D eigenvalue weighted by atomic mass is 9.95. The maximum atomic E-state index is 12.2. The molecule has 0 radical (unpaired) electrons. The fourth-order valence-corrected chi connectivity index (χ4v) is 1.96. The molecule has 1 amide bonds. The molecule has 1 unspecified atom stereocenters. The van der Waals surface area contributed by atoms with Gasteiger partial charge in [-0.05, 0) is 40.2 Å². The quantitative estimate of drug-likeness (QED) is 0.792. The van der Waals surface area contributed by atoms with Crippen LogP contribution in [0.2, 0.25) is 0 Å². The first-order valence-electron chi connectivity index (χ1n) is 6.03. The van der Waals surface area contributed by atoms with Crippen LogP contribution in [0, 0.1) is 5.92 Å². The predicted molar refractivity (Wildman–Crippen MR) is 66.1 cm³/mol. The second kappa shape index (κ2) is 4.95. The molecule has 2 N–H and O–H groups in total. The van der Waals surface area contributed by atoms with E-state index in [1.165, 1.54) is 0 Å². The molecule has 0 saturated heterocycles. The fourth-order valence-electron chi connectivity index (χ4n) is 1.96. The van der Waals surface area contributed by atoms with Gasteiger partial charge in [-0.2, -0.15) is 5.10 Å². The molecule has 0 aliphatic carbocycles. The highest BCUT2D eigenvalue weighted by Gasteiger charge is 2.39. The number of hydrogen-bond acceptors (Lipinski definition) is 3. The molecule has 16 heavy (non-hydrogen) atoms. The van der Waals surface area contributed by atoms with E-state index in [0.717, 1.165) is 18.6 Å². The van der Waals surface area contributed by atoms with Gasteiger partial charge in [0.1, 0.15) is 0 Å². The maximum Gasteiger partial charge on any atom is 0.252 e. The molecule has 1 heterocycles. The Labute approximate surface area is 97.9 Å². The van der Waals surface area contributed by atoms with Crippen molar-refractivity contribution in [1.82, 2.24) is 5.01 Å². The van der Waals surface area contributed by atoms with Gasteiger partial charge in [0.05, 0.1) is 17.2 Å². The standard InChI is InChI=1S/C12H23N3O/c1-5-6-10-9(7-8-13)11(16)15(14-10)12(2,3)4/h9H,5-8,13H2,1-4H3. The number of rotatable bonds is 4. The largest absolute Gasteiger partial charge is 0.330 e. The van der Waals surface area contributed by atoms with Crippen molar-refractivity contribution in [2.75, 3.05) is 6.54 Å². The summed E-state index contributed by atoms with van der Waals surface area (Å²) in [6, 6.07) is 0. The minimum atomic E-state index is -0.237. The predicted octanol–water partition coefficient (Wildman–Crippen LogP) is 1.75. The number of hydrogen-bond donors (Lipinski definition) is 1. The zero-order chi connectivity index (χ0) is 12.3. The molecule has 4 heteroatoms. The van der Waals surface area contributed by atoms with Crippen LogP contribution in [0.15, 0.2) is 5.10 Å². The lowest BCUT2D eigenvalue weighted by Gasteiger charge is -2.28. The van der Waals surface area contributed by atoms with E-state index in [1.54, 1.807) is 5.01 Å². The third kappa shape index (κ3) is 2.61. The van der Waals surface area contributed by atoms with E-state index in [9.17, 15) is 4.79 Å². The van der Waals surface area contributed by atoms with Crippen LogP contribution in [0.3, 0.4) is 0 Å². The van der Waals surface area contributed by atoms with Gasteiger partial charge in [0.15, 0.2) is 0 Å². The molecule has 0 saturated carbocycles. The topological polar surface area (TPSA) is 58.7 Å². The molecule has 0 bridgehead atoms. The van der Waals surface area contributed by atoms with Gasteiger partial charge in [0, 0.05) is 0 Å². The summed E-state index contributed by atoms with van der Waals surface area (Å²) in [5, 5.41) is 6.10. The summed E-state index contributed by atoms with van der Waals surface area (Å²) in [5.74, 6) is 0.0329. The fraction of sp³-hybridized carbons (Fsp3) is 0.833. The molecule has 0 spiro atoms. The van der Waals surface area contributed by atoms with Gasteiger partial charge in [0.25, 0.3) is 5.91 Å². The van der Waals surface area contributed by atoms with Crippen molar-refractivity contribution in [2.45, 2.75) is 52.5 Å². The average Bonchev–Trinajstić information content (AvgIpc) is 2.46. The molecule has 0 aromatic heterocycles. The van der Waals surface area contributed by atoms with E-state index in [2.05, 4.69) is 12.0 Å². The Morgan fingerprint density at radius 2 is 2.06 bits per heavy atom. The molecule has 1 aliphatic heterocycles. The molecule has 0 fully saturated rings. The Morgan fingerprint density at radius 3 is 2.50 bits per heavy atom. The van der Waals surface area contributed by atoms with Gasteiger partial charge in [-0.15, -0.1) is 0 Å². The minimum absolute atomic E-state index is 0.0795. The van der Waals surface area contributed by atoms with Crippen molar-refractivity contribution in [1.29, 1.82) is 0 Å². The van der Waals surface area contributed by atoms with Crippen LogP contribution in [0.25, 0.3) is 0 Å². The van der Waals surface area contributed by atoms with E-state index in [4.69, 9.17) is 5.73 Å². The normalized spacial score (nSPS) is 21.6. The summed E-state index contributed by atoms with van der Waals surface area (Å²) in [7, 11) is 0. The molecule has 0 aromatic carbocycles. The number of carbonyl (C=O) groups excluding carboxylic acids is 1. The van der Waals surface area contributed by atoms with E-state index in [1.807, 2.05) is 20.8 Å². The van der Waals surface area contributed by atoms with Crippen LogP contribution < -0.4 is 5.73 Å². The number of hydrazone groups is 1. The van der Waals surface area contributed by atoms with Gasteiger partial charge < -0.3 is 5.73 Å². The molecule has 1 atom stereocenters. The maximum absolute atomic E-state index is 12.2. The first kappa shape index (κ1) is 13.2. The lowest BCUT2D eigenvalue weighted by Crippen LogP contribution is -2.41. The van der Waals surface area contributed by atoms with Crippen molar-refractivity contribution in [3.05, 3.63) is 0 Å². The summed E-state index contributed by atoms with van der Waals surface area (Å²) in [5.41, 5.74) is 6.33. The smallest absolute Gasteiger partial charge is 0.252 e. The van der Waals surface area contributed by atoms with Crippen LogP contribution in [0.5, 0.6) is 0 Å². The summed E-state index contributed by atoms with van der Waals surface area (Å²) in [6.07, 6.45) is 2.62. The Balaban J connectivity index is 2.89. The summed E-state index contributed by atoms with van der Waals surface area (Å²) >= 11 is 0. The van der Waals surface area contributed by atoms with Gasteiger partial charge in [-0.1, -0.05) is 13.3 Å². The molecule has 0 aromatic rings. The number of nitrogens with zero attached hydrogens (tertiary/aromatic N) is 2. The summed E-state index contributed by atoms with van der Waals surface area (Å²) in [4.78, 5) is 12.2. The molecule has 1 aliphatic rings. The van der Waals surface area contributed by atoms with Crippen molar-refractivity contribution >= 4 is 11.6 Å². The summed E-state index contributed by atoms with van der Waals surface area (Å²) < 4.78 is 0. The van der Waals surface area contributed by atoms with Gasteiger partial charge in [-0.3, -0.25) is 4.79 Å². The first-order valence-corrected chi connectivity index (χ1v) is 6.03. The monoisotopic (exact) mass is 225 g/mol. The van der Waals surface area contributed by atoms with E-state index < -0.39 is 0 Å². The Kier molecular flexibility index (Phi) is 4.08. The van der Waals surface area contributed by atoms with E-state index in [0.29, 0.717) is 13.0 Å². The second-order valence-electron chi connectivity index (χ2n) is 5.29. The zero-order valence-corrected chi connectivity index (χ0v) is 10.8. The van der Waals surface area contributed by atoms with Gasteiger partial charge >= 0.3 is 0 Å². The summed E-state index contributed by atoms with van der Waals surface area (Å²) in [6.45, 7) is 8.65. The third-order valence-electron chi connectivity index (χ3n) is 2.73. The highest BCUT2D eigenvalue weighted by Crippen LogP contribution is 2.27. The second-order valence-corrected chi connectivity index (χ2v) is 5.29. The van der Waals surface area contributed by atoms with Gasteiger partial charge in [0.2, 0.25) is 0 Å². The molecule has 1 rings (SSSR count). The Morgan fingerprint density at radius 1 is 1.44 bits per heavy atom. The van der Waals surface area contributed by atoms with Crippen LogP contribution in [-0.2, 0) is 4.79 Å². The highest BCUT2D eigenvalue weighted by molar-refractivity contribution is 6.08. The van der Waals surface area contributed by atoms with Crippen LogP contribution in [0.1, 0.15) is 47.0 Å². The lowest BCUT2D eigenvalue weighted by molar-refractivity contribution is -0.136. The Hall–Kier alpha value is -0.900. The van der Waals surface area contributed by atoms with E-state index in [-0.39, 0.29) is 17.4 Å². The SMILES string of the molecule is CCCC1=NN(C(C)(C)C)C(=O)C1CCN. The molecule has 4 nitrogen and oxygen atoms in total. The van der Waals surface area contributed by atoms with Crippen LogP contribution in [0.4, 0.5) is 0 Å². The van der Waals surface area contributed by atoms with Crippen molar-refractivity contribution in [2.24, 2.45) is 16.8 Å². The molecular weight excluding hydrogens is 202 g/mol.